The topological polar surface area (TPSA) is 9.23 Å². The van der Waals surface area contributed by atoms with Crippen molar-refractivity contribution >= 4 is 27.5 Å². The molecule has 0 amide bonds. The lowest BCUT2D eigenvalue weighted by atomic mass is 10.1. The van der Waals surface area contributed by atoms with Crippen LogP contribution in [0.3, 0.4) is 0 Å². The van der Waals surface area contributed by atoms with Crippen LogP contribution in [0.15, 0.2) is 24.3 Å². The van der Waals surface area contributed by atoms with Crippen molar-refractivity contribution in [3.05, 3.63) is 34.9 Å². The molecule has 0 bridgehead atoms. The lowest BCUT2D eigenvalue weighted by Gasteiger charge is -2.17. The number of benzene rings is 1. The van der Waals surface area contributed by atoms with Gasteiger partial charge in [-0.25, -0.2) is 0 Å². The molecule has 0 aromatic heterocycles. The summed E-state index contributed by atoms with van der Waals surface area (Å²) in [4.78, 5) is 0. The highest BCUT2D eigenvalue weighted by Crippen LogP contribution is 2.27. The van der Waals surface area contributed by atoms with Crippen molar-refractivity contribution in [1.82, 2.24) is 0 Å². The number of halogens is 2. The summed E-state index contributed by atoms with van der Waals surface area (Å²) in [6.07, 6.45) is 4.97. The van der Waals surface area contributed by atoms with Crippen LogP contribution in [0.25, 0.3) is 0 Å². The molecule has 1 atom stereocenters. The van der Waals surface area contributed by atoms with E-state index < -0.39 is 0 Å². The molecule has 0 aliphatic heterocycles. The molecule has 0 aliphatic carbocycles. The summed E-state index contributed by atoms with van der Waals surface area (Å²) < 4.78 is 5.87. The van der Waals surface area contributed by atoms with Crippen LogP contribution in [-0.4, -0.2) is 11.9 Å². The number of hydrogen-bond donors (Lipinski definition) is 0. The zero-order valence-corrected chi connectivity index (χ0v) is 12.6. The third-order valence-corrected chi connectivity index (χ3v) is 3.64. The van der Waals surface area contributed by atoms with Crippen LogP contribution in [-0.2, 0) is 4.74 Å². The molecule has 1 rings (SSSR count). The second kappa shape index (κ2) is 8.96. The van der Waals surface area contributed by atoms with E-state index in [2.05, 4.69) is 22.9 Å². The number of ether oxygens (including phenoxy) is 1. The van der Waals surface area contributed by atoms with E-state index >= 15 is 0 Å². The first-order valence-corrected chi connectivity index (χ1v) is 7.71. The minimum Gasteiger partial charge on any atom is -0.373 e. The van der Waals surface area contributed by atoms with Gasteiger partial charge in [0.2, 0.25) is 0 Å². The average molecular weight is 320 g/mol. The fourth-order valence-electron chi connectivity index (χ4n) is 1.71. The third kappa shape index (κ3) is 5.41. The second-order valence-corrected chi connectivity index (χ2v) is 5.15. The van der Waals surface area contributed by atoms with Crippen molar-refractivity contribution in [2.75, 3.05) is 11.9 Å². The smallest absolute Gasteiger partial charge is 0.0935 e. The van der Waals surface area contributed by atoms with E-state index in [0.717, 1.165) is 28.9 Å². The van der Waals surface area contributed by atoms with Gasteiger partial charge in [-0.3, -0.25) is 0 Å². The second-order valence-electron chi connectivity index (χ2n) is 4.10. The average Bonchev–Trinajstić information content (AvgIpc) is 2.35. The van der Waals surface area contributed by atoms with Crippen LogP contribution in [0.2, 0.25) is 5.02 Å². The van der Waals surface area contributed by atoms with E-state index in [1.54, 1.807) is 0 Å². The Morgan fingerprint density at radius 2 is 2.00 bits per heavy atom. The van der Waals surface area contributed by atoms with E-state index in [1.807, 2.05) is 24.3 Å². The Balaban J connectivity index is 2.41. The maximum atomic E-state index is 6.16. The first-order chi connectivity index (χ1) is 8.29. The van der Waals surface area contributed by atoms with Crippen LogP contribution >= 0.6 is 27.5 Å². The minimum atomic E-state index is 0.0605. The van der Waals surface area contributed by atoms with Gasteiger partial charge in [0.15, 0.2) is 0 Å². The monoisotopic (exact) mass is 318 g/mol. The van der Waals surface area contributed by atoms with Crippen molar-refractivity contribution in [3.8, 4) is 0 Å². The molecule has 0 saturated carbocycles. The van der Waals surface area contributed by atoms with Gasteiger partial charge in [-0.2, -0.15) is 0 Å². The molecule has 0 spiro atoms. The van der Waals surface area contributed by atoms with Crippen molar-refractivity contribution in [3.63, 3.8) is 0 Å². The fraction of sp³-hybridized carbons (Fsp3) is 0.571. The maximum Gasteiger partial charge on any atom is 0.0935 e. The molecule has 1 nitrogen and oxygen atoms in total. The number of unbranched alkanes of at least 4 members (excludes halogenated alkanes) is 3. The van der Waals surface area contributed by atoms with Gasteiger partial charge >= 0.3 is 0 Å². The van der Waals surface area contributed by atoms with Gasteiger partial charge < -0.3 is 4.74 Å². The Bertz CT molecular complexity index is 317. The summed E-state index contributed by atoms with van der Waals surface area (Å²) in [5, 5.41) is 1.57. The molecule has 0 saturated heterocycles. The Labute approximate surface area is 118 Å². The predicted molar refractivity (Wildman–Crippen MR) is 78.1 cm³/mol. The van der Waals surface area contributed by atoms with E-state index in [9.17, 15) is 0 Å². The number of alkyl halides is 1. The van der Waals surface area contributed by atoms with Gasteiger partial charge in [-0.05, 0) is 12.5 Å². The standard InChI is InChI=1S/C14H20BrClO/c1-2-3-4-7-10-17-14(11-15)12-8-5-6-9-13(12)16/h5-6,8-9,14H,2-4,7,10-11H2,1H3. The molecule has 1 unspecified atom stereocenters. The SMILES string of the molecule is CCCCCCOC(CBr)c1ccccc1Cl. The zero-order valence-electron chi connectivity index (χ0n) is 10.3. The van der Waals surface area contributed by atoms with Gasteiger partial charge in [0.1, 0.15) is 0 Å². The Morgan fingerprint density at radius 3 is 2.65 bits per heavy atom. The van der Waals surface area contributed by atoms with Crippen LogP contribution in [0.5, 0.6) is 0 Å². The van der Waals surface area contributed by atoms with Crippen molar-refractivity contribution in [2.45, 2.75) is 38.7 Å². The molecule has 0 N–H and O–H groups in total. The van der Waals surface area contributed by atoms with E-state index in [1.165, 1.54) is 19.3 Å². The Morgan fingerprint density at radius 1 is 1.24 bits per heavy atom. The molecule has 3 heteroatoms. The van der Waals surface area contributed by atoms with Gasteiger partial charge in [0, 0.05) is 22.5 Å². The van der Waals surface area contributed by atoms with Gasteiger partial charge in [-0.15, -0.1) is 0 Å². The third-order valence-electron chi connectivity index (χ3n) is 2.71. The Hall–Kier alpha value is -0.0500. The van der Waals surface area contributed by atoms with Gasteiger partial charge in [0.25, 0.3) is 0 Å². The molecule has 0 radical (unpaired) electrons. The van der Waals surface area contributed by atoms with Gasteiger partial charge in [0.05, 0.1) is 6.10 Å². The Kier molecular flexibility index (Phi) is 7.91. The molecular weight excluding hydrogens is 300 g/mol. The summed E-state index contributed by atoms with van der Waals surface area (Å²) in [5.41, 5.74) is 1.07. The highest BCUT2D eigenvalue weighted by atomic mass is 79.9. The summed E-state index contributed by atoms with van der Waals surface area (Å²) in [6.45, 7) is 3.02. The first kappa shape index (κ1) is 15.0. The van der Waals surface area contributed by atoms with Crippen LogP contribution in [0.1, 0.15) is 44.3 Å². The predicted octanol–water partition coefficient (Wildman–Crippen LogP) is 5.37. The van der Waals surface area contributed by atoms with Crippen LogP contribution in [0, 0.1) is 0 Å². The van der Waals surface area contributed by atoms with Crippen molar-refractivity contribution < 1.29 is 4.74 Å². The van der Waals surface area contributed by atoms with E-state index in [-0.39, 0.29) is 6.10 Å². The van der Waals surface area contributed by atoms with E-state index in [0.29, 0.717) is 0 Å². The molecule has 0 fully saturated rings. The number of hydrogen-bond acceptors (Lipinski definition) is 1. The van der Waals surface area contributed by atoms with Crippen molar-refractivity contribution in [2.24, 2.45) is 0 Å². The minimum absolute atomic E-state index is 0.0605. The largest absolute Gasteiger partial charge is 0.373 e. The summed E-state index contributed by atoms with van der Waals surface area (Å²) >= 11 is 9.65. The highest BCUT2D eigenvalue weighted by molar-refractivity contribution is 9.09. The first-order valence-electron chi connectivity index (χ1n) is 6.21. The lowest BCUT2D eigenvalue weighted by molar-refractivity contribution is 0.0669. The molecular formula is C14H20BrClO. The molecule has 1 aromatic carbocycles. The molecule has 1 aromatic rings. The van der Waals surface area contributed by atoms with Crippen LogP contribution < -0.4 is 0 Å². The summed E-state index contributed by atoms with van der Waals surface area (Å²) in [7, 11) is 0. The molecule has 17 heavy (non-hydrogen) atoms. The molecule has 0 heterocycles. The molecule has 96 valence electrons. The summed E-state index contributed by atoms with van der Waals surface area (Å²) in [5.74, 6) is 0. The normalized spacial score (nSPS) is 12.6. The van der Waals surface area contributed by atoms with Crippen molar-refractivity contribution in [1.29, 1.82) is 0 Å². The van der Waals surface area contributed by atoms with Gasteiger partial charge in [-0.1, -0.05) is 71.9 Å². The molecule has 0 aliphatic rings. The zero-order chi connectivity index (χ0) is 12.5. The van der Waals surface area contributed by atoms with E-state index in [4.69, 9.17) is 16.3 Å². The number of rotatable bonds is 8. The highest BCUT2D eigenvalue weighted by Gasteiger charge is 2.13. The lowest BCUT2D eigenvalue weighted by Crippen LogP contribution is -2.07. The fourth-order valence-corrected chi connectivity index (χ4v) is 2.50. The quantitative estimate of drug-likeness (QED) is 0.462. The maximum absolute atomic E-state index is 6.16. The van der Waals surface area contributed by atoms with Crippen LogP contribution in [0.4, 0.5) is 0 Å². The summed E-state index contributed by atoms with van der Waals surface area (Å²) in [6, 6.07) is 7.88.